The molecule has 132 valence electrons. The summed E-state index contributed by atoms with van der Waals surface area (Å²) in [7, 11) is 0. The average Bonchev–Trinajstić information content (AvgIpc) is 2.68. The molecule has 2 aliphatic heterocycles. The molecular formula is C20H25N3O2. The number of nitrogens with zero attached hydrogens (tertiary/aromatic N) is 3. The van der Waals surface area contributed by atoms with Crippen molar-refractivity contribution in [2.45, 2.75) is 12.8 Å². The number of likely N-dealkylation sites (tertiary alicyclic amines) is 1. The van der Waals surface area contributed by atoms with E-state index in [4.69, 9.17) is 4.74 Å². The van der Waals surface area contributed by atoms with Crippen molar-refractivity contribution in [3.63, 3.8) is 0 Å². The van der Waals surface area contributed by atoms with Crippen LogP contribution < -0.4 is 0 Å². The number of hydrogen-bond acceptors (Lipinski definition) is 4. The summed E-state index contributed by atoms with van der Waals surface area (Å²) < 4.78 is 5.43. The third kappa shape index (κ3) is 3.67. The van der Waals surface area contributed by atoms with Crippen molar-refractivity contribution in [2.75, 3.05) is 45.9 Å². The first kappa shape index (κ1) is 16.5. The van der Waals surface area contributed by atoms with Crippen molar-refractivity contribution >= 4 is 16.7 Å². The third-order valence-corrected chi connectivity index (χ3v) is 5.30. The van der Waals surface area contributed by atoms with Crippen LogP contribution in [0.5, 0.6) is 0 Å². The number of rotatable bonds is 3. The predicted molar refractivity (Wildman–Crippen MR) is 97.6 cm³/mol. The molecule has 2 aromatic rings. The Morgan fingerprint density at radius 3 is 2.88 bits per heavy atom. The van der Waals surface area contributed by atoms with Crippen LogP contribution in [0, 0.1) is 5.92 Å². The zero-order valence-corrected chi connectivity index (χ0v) is 14.6. The summed E-state index contributed by atoms with van der Waals surface area (Å²) in [6.07, 6.45) is 4.01. The molecule has 3 heterocycles. The second kappa shape index (κ2) is 7.50. The number of ether oxygens (including phenoxy) is 1. The molecule has 0 radical (unpaired) electrons. The van der Waals surface area contributed by atoms with Gasteiger partial charge in [-0.1, -0.05) is 24.3 Å². The summed E-state index contributed by atoms with van der Waals surface area (Å²) in [5.74, 6) is 0.620. The monoisotopic (exact) mass is 339 g/mol. The zero-order valence-electron chi connectivity index (χ0n) is 14.6. The smallest absolute Gasteiger partial charge is 0.273 e. The minimum Gasteiger partial charge on any atom is -0.379 e. The molecule has 4 rings (SSSR count). The van der Waals surface area contributed by atoms with Gasteiger partial charge in [-0.2, -0.15) is 0 Å². The lowest BCUT2D eigenvalue weighted by atomic mass is 9.96. The van der Waals surface area contributed by atoms with E-state index in [1.165, 1.54) is 6.42 Å². The van der Waals surface area contributed by atoms with Gasteiger partial charge < -0.3 is 9.64 Å². The van der Waals surface area contributed by atoms with E-state index in [0.29, 0.717) is 11.6 Å². The summed E-state index contributed by atoms with van der Waals surface area (Å²) in [4.78, 5) is 22.0. The van der Waals surface area contributed by atoms with Crippen LogP contribution in [-0.4, -0.2) is 66.6 Å². The van der Waals surface area contributed by atoms with Gasteiger partial charge in [-0.3, -0.25) is 14.7 Å². The number of amides is 1. The molecule has 2 saturated heterocycles. The molecule has 2 aliphatic rings. The second-order valence-electron chi connectivity index (χ2n) is 7.05. The Labute approximate surface area is 148 Å². The van der Waals surface area contributed by atoms with Crippen molar-refractivity contribution in [3.05, 3.63) is 42.2 Å². The number of carbonyl (C=O) groups is 1. The lowest BCUT2D eigenvalue weighted by Crippen LogP contribution is -2.46. The van der Waals surface area contributed by atoms with Crippen LogP contribution in [0.2, 0.25) is 0 Å². The fraction of sp³-hybridized carbons (Fsp3) is 0.500. The van der Waals surface area contributed by atoms with E-state index >= 15 is 0 Å². The fourth-order valence-electron chi connectivity index (χ4n) is 3.99. The minimum absolute atomic E-state index is 0.0727. The van der Waals surface area contributed by atoms with Gasteiger partial charge in [0.1, 0.15) is 5.69 Å². The highest BCUT2D eigenvalue weighted by atomic mass is 16.5. The molecule has 0 N–H and O–H groups in total. The van der Waals surface area contributed by atoms with Crippen molar-refractivity contribution in [1.29, 1.82) is 0 Å². The summed E-state index contributed by atoms with van der Waals surface area (Å²) in [6.45, 7) is 6.41. The maximum absolute atomic E-state index is 13.1. The number of pyridine rings is 1. The lowest BCUT2D eigenvalue weighted by molar-refractivity contribution is 0.0223. The lowest BCUT2D eigenvalue weighted by Gasteiger charge is -2.36. The molecule has 25 heavy (non-hydrogen) atoms. The second-order valence-corrected chi connectivity index (χ2v) is 7.05. The van der Waals surface area contributed by atoms with Crippen molar-refractivity contribution in [1.82, 2.24) is 14.8 Å². The normalized spacial score (nSPS) is 22.2. The molecular weight excluding hydrogens is 314 g/mol. The van der Waals surface area contributed by atoms with Crippen LogP contribution in [0.15, 0.2) is 36.5 Å². The molecule has 5 heteroatoms. The molecule has 2 fully saturated rings. The summed E-state index contributed by atoms with van der Waals surface area (Å²) >= 11 is 0. The van der Waals surface area contributed by atoms with E-state index in [0.717, 1.165) is 63.1 Å². The third-order valence-electron chi connectivity index (χ3n) is 5.30. The highest BCUT2D eigenvalue weighted by Gasteiger charge is 2.27. The van der Waals surface area contributed by atoms with Crippen molar-refractivity contribution in [3.8, 4) is 0 Å². The van der Waals surface area contributed by atoms with Crippen LogP contribution in [-0.2, 0) is 4.74 Å². The Kier molecular flexibility index (Phi) is 4.95. The van der Waals surface area contributed by atoms with E-state index in [2.05, 4.69) is 9.88 Å². The van der Waals surface area contributed by atoms with E-state index in [9.17, 15) is 4.79 Å². The molecule has 0 aliphatic carbocycles. The Morgan fingerprint density at radius 2 is 2.00 bits per heavy atom. The molecule has 0 spiro atoms. The first-order valence-corrected chi connectivity index (χ1v) is 9.24. The largest absolute Gasteiger partial charge is 0.379 e. The minimum atomic E-state index is 0.0727. The summed E-state index contributed by atoms with van der Waals surface area (Å²) in [5.41, 5.74) is 0.588. The van der Waals surface area contributed by atoms with Gasteiger partial charge in [0.25, 0.3) is 5.91 Å². The molecule has 5 nitrogen and oxygen atoms in total. The maximum Gasteiger partial charge on any atom is 0.273 e. The SMILES string of the molecule is O=C(c1nccc2ccccc12)N1CCCC(CN2CCOCC2)C1. The van der Waals surface area contributed by atoms with Crippen LogP contribution in [0.1, 0.15) is 23.3 Å². The van der Waals surface area contributed by atoms with Crippen LogP contribution >= 0.6 is 0 Å². The molecule has 1 aromatic heterocycles. The number of carbonyl (C=O) groups excluding carboxylic acids is 1. The van der Waals surface area contributed by atoms with Gasteiger partial charge in [0.05, 0.1) is 13.2 Å². The van der Waals surface area contributed by atoms with E-state index in [1.54, 1.807) is 6.20 Å². The number of morpholine rings is 1. The molecule has 1 amide bonds. The highest BCUT2D eigenvalue weighted by molar-refractivity contribution is 6.05. The van der Waals surface area contributed by atoms with E-state index < -0.39 is 0 Å². The van der Waals surface area contributed by atoms with Crippen molar-refractivity contribution in [2.24, 2.45) is 5.92 Å². The highest BCUT2D eigenvalue weighted by Crippen LogP contribution is 2.23. The Morgan fingerprint density at radius 1 is 1.16 bits per heavy atom. The Hall–Kier alpha value is -1.98. The van der Waals surface area contributed by atoms with Crippen molar-refractivity contribution < 1.29 is 9.53 Å². The van der Waals surface area contributed by atoms with Gasteiger partial charge in [-0.15, -0.1) is 0 Å². The van der Waals surface area contributed by atoms with Crippen LogP contribution in [0.4, 0.5) is 0 Å². The topological polar surface area (TPSA) is 45.7 Å². The molecule has 0 bridgehead atoms. The quantitative estimate of drug-likeness (QED) is 0.862. The first-order chi connectivity index (χ1) is 12.3. The molecule has 0 saturated carbocycles. The van der Waals surface area contributed by atoms with Crippen LogP contribution in [0.25, 0.3) is 10.8 Å². The average molecular weight is 339 g/mol. The zero-order chi connectivity index (χ0) is 17.1. The number of fused-ring (bicyclic) bond motifs is 1. The van der Waals surface area contributed by atoms with Crippen LogP contribution in [0.3, 0.4) is 0 Å². The number of piperidine rings is 1. The Bertz CT molecular complexity index is 737. The van der Waals surface area contributed by atoms with E-state index in [1.807, 2.05) is 35.2 Å². The maximum atomic E-state index is 13.1. The first-order valence-electron chi connectivity index (χ1n) is 9.24. The number of hydrogen-bond donors (Lipinski definition) is 0. The van der Waals surface area contributed by atoms with Gasteiger partial charge in [0.15, 0.2) is 0 Å². The summed E-state index contributed by atoms with van der Waals surface area (Å²) in [5, 5.41) is 2.02. The van der Waals surface area contributed by atoms with Gasteiger partial charge in [-0.25, -0.2) is 0 Å². The van der Waals surface area contributed by atoms with E-state index in [-0.39, 0.29) is 5.91 Å². The fourth-order valence-corrected chi connectivity index (χ4v) is 3.99. The van der Waals surface area contributed by atoms with Gasteiger partial charge >= 0.3 is 0 Å². The van der Waals surface area contributed by atoms with Gasteiger partial charge in [-0.05, 0) is 30.2 Å². The standard InChI is InChI=1S/C20H25N3O2/c24-20(19-18-6-2-1-5-17(18)7-8-21-19)23-9-3-4-16(15-23)14-22-10-12-25-13-11-22/h1-2,5-8,16H,3-4,9-15H2. The Balaban J connectivity index is 1.47. The predicted octanol–water partition coefficient (Wildman–Crippen LogP) is 2.42. The van der Waals surface area contributed by atoms with Gasteiger partial charge in [0.2, 0.25) is 0 Å². The number of aromatic nitrogens is 1. The molecule has 1 atom stereocenters. The molecule has 1 aromatic carbocycles. The van der Waals surface area contributed by atoms with Gasteiger partial charge in [0, 0.05) is 44.3 Å². The summed E-state index contributed by atoms with van der Waals surface area (Å²) in [6, 6.07) is 9.95. The number of benzene rings is 1. The molecule has 1 unspecified atom stereocenters.